The van der Waals surface area contributed by atoms with Crippen LogP contribution in [0.1, 0.15) is 12.8 Å². The summed E-state index contributed by atoms with van der Waals surface area (Å²) in [4.78, 5) is 18.0. The minimum absolute atomic E-state index is 0.00198. The molecule has 3 rings (SSSR count). The van der Waals surface area contributed by atoms with E-state index in [1.54, 1.807) is 11.1 Å². The number of ether oxygens (including phenoxy) is 1. The van der Waals surface area contributed by atoms with Gasteiger partial charge in [0.1, 0.15) is 12.4 Å². The van der Waals surface area contributed by atoms with Crippen LogP contribution in [0.15, 0.2) is 24.4 Å². The second kappa shape index (κ2) is 4.66. The molecular weight excluding hydrogens is 230 g/mol. The maximum atomic E-state index is 12.0. The maximum Gasteiger partial charge on any atom is 0.254 e. The minimum Gasteiger partial charge on any atom is -0.363 e. The van der Waals surface area contributed by atoms with Crippen molar-refractivity contribution in [2.45, 2.75) is 18.4 Å². The second-order valence-electron chi connectivity index (χ2n) is 4.89. The van der Waals surface area contributed by atoms with Crippen molar-refractivity contribution in [2.75, 3.05) is 31.1 Å². The lowest BCUT2D eigenvalue weighted by Crippen LogP contribution is -2.58. The van der Waals surface area contributed by atoms with Crippen LogP contribution in [0, 0.1) is 0 Å². The predicted octanol–water partition coefficient (Wildman–Crippen LogP) is 0.567. The molecule has 2 saturated heterocycles. The molecule has 1 aromatic heterocycles. The molecule has 2 aliphatic heterocycles. The van der Waals surface area contributed by atoms with E-state index in [1.165, 1.54) is 0 Å². The molecule has 0 bridgehead atoms. The van der Waals surface area contributed by atoms with Crippen molar-refractivity contribution in [3.05, 3.63) is 24.4 Å². The van der Waals surface area contributed by atoms with Gasteiger partial charge < -0.3 is 10.1 Å². The van der Waals surface area contributed by atoms with Crippen LogP contribution in [-0.2, 0) is 9.53 Å². The van der Waals surface area contributed by atoms with E-state index in [0.717, 1.165) is 31.7 Å². The first-order valence-electron chi connectivity index (χ1n) is 6.35. The van der Waals surface area contributed by atoms with Crippen molar-refractivity contribution >= 4 is 11.7 Å². The van der Waals surface area contributed by atoms with E-state index in [9.17, 15) is 4.79 Å². The van der Waals surface area contributed by atoms with Crippen molar-refractivity contribution in [1.82, 2.24) is 10.3 Å². The Labute approximate surface area is 106 Å². The number of piperidine rings is 1. The molecule has 0 unspecified atom stereocenters. The third-order valence-electron chi connectivity index (χ3n) is 3.69. The zero-order chi connectivity index (χ0) is 12.4. The topological polar surface area (TPSA) is 54.5 Å². The van der Waals surface area contributed by atoms with E-state index in [1.807, 2.05) is 18.2 Å². The molecule has 96 valence electrons. The third-order valence-corrected chi connectivity index (χ3v) is 3.69. The molecular formula is C13H17N3O2. The smallest absolute Gasteiger partial charge is 0.254 e. The summed E-state index contributed by atoms with van der Waals surface area (Å²) in [6.07, 6.45) is 3.61. The number of hydrogen-bond acceptors (Lipinski definition) is 4. The van der Waals surface area contributed by atoms with Crippen molar-refractivity contribution in [3.63, 3.8) is 0 Å². The van der Waals surface area contributed by atoms with Crippen LogP contribution in [0.3, 0.4) is 0 Å². The highest BCUT2D eigenvalue weighted by Crippen LogP contribution is 2.29. The van der Waals surface area contributed by atoms with Gasteiger partial charge in [-0.25, -0.2) is 4.98 Å². The number of aromatic nitrogens is 1. The van der Waals surface area contributed by atoms with Gasteiger partial charge in [-0.05, 0) is 38.1 Å². The van der Waals surface area contributed by atoms with Crippen molar-refractivity contribution in [2.24, 2.45) is 0 Å². The van der Waals surface area contributed by atoms with Crippen molar-refractivity contribution < 1.29 is 9.53 Å². The summed E-state index contributed by atoms with van der Waals surface area (Å²) in [7, 11) is 0. The van der Waals surface area contributed by atoms with Gasteiger partial charge >= 0.3 is 0 Å². The van der Waals surface area contributed by atoms with Gasteiger partial charge in [-0.1, -0.05) is 6.07 Å². The quantitative estimate of drug-likeness (QED) is 0.788. The number of carbonyl (C=O) groups is 1. The van der Waals surface area contributed by atoms with Crippen LogP contribution in [0.4, 0.5) is 5.82 Å². The summed E-state index contributed by atoms with van der Waals surface area (Å²) in [6.45, 7) is 2.68. The molecule has 2 fully saturated rings. The normalized spacial score (nSPS) is 23.3. The van der Waals surface area contributed by atoms with E-state index in [0.29, 0.717) is 6.54 Å². The van der Waals surface area contributed by atoms with E-state index >= 15 is 0 Å². The number of nitrogens with one attached hydrogen (secondary N) is 1. The average Bonchev–Trinajstić information content (AvgIpc) is 2.44. The van der Waals surface area contributed by atoms with Crippen molar-refractivity contribution in [3.8, 4) is 0 Å². The summed E-state index contributed by atoms with van der Waals surface area (Å²) >= 11 is 0. The minimum atomic E-state index is -0.184. The molecule has 1 amide bonds. The number of hydrogen-bond donors (Lipinski definition) is 1. The van der Waals surface area contributed by atoms with Crippen LogP contribution in [0.2, 0.25) is 0 Å². The molecule has 0 saturated carbocycles. The van der Waals surface area contributed by atoms with Gasteiger partial charge in [0.15, 0.2) is 0 Å². The summed E-state index contributed by atoms with van der Waals surface area (Å²) in [5.74, 6) is 0.724. The van der Waals surface area contributed by atoms with Gasteiger partial charge in [-0.3, -0.25) is 9.69 Å². The third kappa shape index (κ3) is 2.11. The molecule has 1 spiro atoms. The average molecular weight is 247 g/mol. The van der Waals surface area contributed by atoms with E-state index in [4.69, 9.17) is 4.74 Å². The molecule has 0 atom stereocenters. The molecule has 0 aromatic carbocycles. The first kappa shape index (κ1) is 11.6. The zero-order valence-corrected chi connectivity index (χ0v) is 10.3. The molecule has 1 N–H and O–H groups in total. The second-order valence-corrected chi connectivity index (χ2v) is 4.89. The highest BCUT2D eigenvalue weighted by atomic mass is 16.5. The predicted molar refractivity (Wildman–Crippen MR) is 67.4 cm³/mol. The summed E-state index contributed by atoms with van der Waals surface area (Å²) in [5, 5.41) is 3.32. The summed E-state index contributed by atoms with van der Waals surface area (Å²) < 4.78 is 5.81. The van der Waals surface area contributed by atoms with Gasteiger partial charge in [0, 0.05) is 6.20 Å². The fourth-order valence-corrected chi connectivity index (χ4v) is 2.62. The van der Waals surface area contributed by atoms with Crippen molar-refractivity contribution in [1.29, 1.82) is 0 Å². The largest absolute Gasteiger partial charge is 0.363 e. The summed E-state index contributed by atoms with van der Waals surface area (Å²) in [5.41, 5.74) is -0.184. The van der Waals surface area contributed by atoms with E-state index in [-0.39, 0.29) is 18.1 Å². The molecule has 5 heteroatoms. The fraction of sp³-hybridized carbons (Fsp3) is 0.538. The molecule has 5 nitrogen and oxygen atoms in total. The molecule has 1 aromatic rings. The SMILES string of the molecule is O=C1COC2(CCNCC2)CN1c1ccccn1. The number of amides is 1. The Hall–Kier alpha value is -1.46. The van der Waals surface area contributed by atoms with Crippen LogP contribution in [-0.4, -0.2) is 42.7 Å². The lowest BCUT2D eigenvalue weighted by atomic mass is 9.90. The number of rotatable bonds is 1. The first-order valence-corrected chi connectivity index (χ1v) is 6.35. The van der Waals surface area contributed by atoms with Crippen LogP contribution >= 0.6 is 0 Å². The maximum absolute atomic E-state index is 12.0. The Morgan fingerprint density at radius 2 is 2.17 bits per heavy atom. The van der Waals surface area contributed by atoms with Crippen LogP contribution < -0.4 is 10.2 Å². The molecule has 0 radical (unpaired) electrons. The van der Waals surface area contributed by atoms with Crippen LogP contribution in [0.25, 0.3) is 0 Å². The first-order chi connectivity index (χ1) is 8.79. The molecule has 0 aliphatic carbocycles. The number of nitrogens with zero attached hydrogens (tertiary/aromatic N) is 2. The number of anilines is 1. The summed E-state index contributed by atoms with van der Waals surface area (Å²) in [6, 6.07) is 5.63. The standard InChI is InChI=1S/C13H17N3O2/c17-12-9-18-13(4-7-14-8-5-13)10-16(12)11-3-1-2-6-15-11/h1-3,6,14H,4-5,7-10H2. The lowest BCUT2D eigenvalue weighted by Gasteiger charge is -2.44. The van der Waals surface area contributed by atoms with E-state index < -0.39 is 0 Å². The highest BCUT2D eigenvalue weighted by Gasteiger charge is 2.41. The molecule has 2 aliphatic rings. The highest BCUT2D eigenvalue weighted by molar-refractivity contribution is 5.94. The van der Waals surface area contributed by atoms with Gasteiger partial charge in [0.25, 0.3) is 5.91 Å². The fourth-order valence-electron chi connectivity index (χ4n) is 2.62. The van der Waals surface area contributed by atoms with Gasteiger partial charge in [-0.15, -0.1) is 0 Å². The Morgan fingerprint density at radius 1 is 1.33 bits per heavy atom. The molecule has 3 heterocycles. The Balaban J connectivity index is 1.83. The number of carbonyl (C=O) groups excluding carboxylic acids is 1. The van der Waals surface area contributed by atoms with Gasteiger partial charge in [-0.2, -0.15) is 0 Å². The Bertz CT molecular complexity index is 429. The number of pyridine rings is 1. The lowest BCUT2D eigenvalue weighted by molar-refractivity contribution is -0.141. The zero-order valence-electron chi connectivity index (χ0n) is 10.3. The Kier molecular flexibility index (Phi) is 3.01. The van der Waals surface area contributed by atoms with Gasteiger partial charge in [0.2, 0.25) is 0 Å². The van der Waals surface area contributed by atoms with E-state index in [2.05, 4.69) is 10.3 Å². The van der Waals surface area contributed by atoms with Gasteiger partial charge in [0.05, 0.1) is 12.1 Å². The molecule has 18 heavy (non-hydrogen) atoms. The number of morpholine rings is 1. The monoisotopic (exact) mass is 247 g/mol. The Morgan fingerprint density at radius 3 is 2.89 bits per heavy atom. The van der Waals surface area contributed by atoms with Crippen LogP contribution in [0.5, 0.6) is 0 Å².